The molecule has 2 heterocycles. The number of carbonyl (C=O) groups is 1. The van der Waals surface area contributed by atoms with Crippen molar-refractivity contribution in [1.82, 2.24) is 4.98 Å². The molecule has 0 aliphatic heterocycles. The van der Waals surface area contributed by atoms with Crippen LogP contribution in [-0.4, -0.2) is 10.9 Å². The number of carbonyl (C=O) groups excluding carboxylic acids is 1. The van der Waals surface area contributed by atoms with Crippen LogP contribution in [0.2, 0.25) is 0 Å². The molecule has 0 aliphatic carbocycles. The first-order valence-electron chi connectivity index (χ1n) is 8.05. The maximum Gasteiger partial charge on any atom is 0.257 e. The lowest BCUT2D eigenvalue weighted by atomic mass is 10.1. The van der Waals surface area contributed by atoms with Crippen molar-refractivity contribution in [3.8, 4) is 11.3 Å². The van der Waals surface area contributed by atoms with Crippen molar-refractivity contribution in [2.75, 3.05) is 5.32 Å². The molecule has 0 saturated heterocycles. The van der Waals surface area contributed by atoms with E-state index in [-0.39, 0.29) is 11.3 Å². The number of nitrogens with zero attached hydrogens (tertiary/aromatic N) is 1. The molecule has 126 valence electrons. The van der Waals surface area contributed by atoms with E-state index in [1.165, 1.54) is 12.3 Å². The molecule has 0 bridgehead atoms. The summed E-state index contributed by atoms with van der Waals surface area (Å²) < 4.78 is 5.85. The minimum Gasteiger partial charge on any atom is -0.456 e. The van der Waals surface area contributed by atoms with Gasteiger partial charge in [-0.3, -0.25) is 14.6 Å². The number of amides is 1. The van der Waals surface area contributed by atoms with Crippen molar-refractivity contribution >= 4 is 22.6 Å². The largest absolute Gasteiger partial charge is 0.456 e. The molecule has 4 rings (SSSR count). The Morgan fingerprint density at radius 2 is 1.81 bits per heavy atom. The molecule has 2 aromatic carbocycles. The number of aromatic nitrogens is 1. The summed E-state index contributed by atoms with van der Waals surface area (Å²) in [7, 11) is 0. The van der Waals surface area contributed by atoms with Gasteiger partial charge in [0.2, 0.25) is 0 Å². The number of benzene rings is 2. The maximum atomic E-state index is 12.5. The van der Waals surface area contributed by atoms with Gasteiger partial charge in [-0.1, -0.05) is 30.3 Å². The number of pyridine rings is 1. The first-order chi connectivity index (χ1) is 12.7. The number of rotatable bonds is 3. The second kappa shape index (κ2) is 6.64. The Hall–Kier alpha value is -3.73. The lowest BCUT2D eigenvalue weighted by Crippen LogP contribution is -2.12. The quantitative estimate of drug-likeness (QED) is 0.608. The minimum atomic E-state index is -0.289. The molecule has 0 saturated carbocycles. The third-order valence-corrected chi connectivity index (χ3v) is 3.97. The van der Waals surface area contributed by atoms with Crippen LogP contribution in [-0.2, 0) is 0 Å². The van der Waals surface area contributed by atoms with Crippen molar-refractivity contribution in [3.63, 3.8) is 0 Å². The zero-order chi connectivity index (χ0) is 17.9. The Bertz CT molecular complexity index is 1140. The lowest BCUT2D eigenvalue weighted by Gasteiger charge is -2.07. The summed E-state index contributed by atoms with van der Waals surface area (Å²) in [6, 6.07) is 19.3. The van der Waals surface area contributed by atoms with E-state index in [4.69, 9.17) is 4.42 Å². The Morgan fingerprint density at radius 1 is 0.962 bits per heavy atom. The van der Waals surface area contributed by atoms with E-state index >= 15 is 0 Å². The van der Waals surface area contributed by atoms with Crippen molar-refractivity contribution in [2.45, 2.75) is 0 Å². The minimum absolute atomic E-state index is 0.164. The number of hydrogen-bond acceptors (Lipinski definition) is 4. The van der Waals surface area contributed by atoms with Crippen LogP contribution in [0.3, 0.4) is 0 Å². The fourth-order valence-corrected chi connectivity index (χ4v) is 2.68. The molecule has 0 unspecified atom stereocenters. The van der Waals surface area contributed by atoms with Gasteiger partial charge in [0.1, 0.15) is 11.3 Å². The van der Waals surface area contributed by atoms with E-state index in [2.05, 4.69) is 10.3 Å². The smallest absolute Gasteiger partial charge is 0.257 e. The SMILES string of the molecule is O=C(Nc1ccc2oc(-c3ccccc3)cc(=O)c2c1)c1cccnc1. The number of anilines is 1. The van der Waals surface area contributed by atoms with Crippen LogP contribution >= 0.6 is 0 Å². The fourth-order valence-electron chi connectivity index (χ4n) is 2.68. The summed E-state index contributed by atoms with van der Waals surface area (Å²) in [5.74, 6) is 0.220. The summed E-state index contributed by atoms with van der Waals surface area (Å²) in [6.45, 7) is 0. The van der Waals surface area contributed by atoms with Crippen molar-refractivity contribution in [2.24, 2.45) is 0 Å². The number of nitrogens with one attached hydrogen (secondary N) is 1. The second-order valence-corrected chi connectivity index (χ2v) is 5.75. The van der Waals surface area contributed by atoms with Gasteiger partial charge in [-0.05, 0) is 30.3 Å². The predicted octanol–water partition coefficient (Wildman–Crippen LogP) is 4.11. The van der Waals surface area contributed by atoms with Crippen LogP contribution in [0.4, 0.5) is 5.69 Å². The molecular formula is C21H14N2O3. The van der Waals surface area contributed by atoms with Gasteiger partial charge in [0.15, 0.2) is 5.43 Å². The summed E-state index contributed by atoms with van der Waals surface area (Å²) in [6.07, 6.45) is 3.08. The van der Waals surface area contributed by atoms with Crippen LogP contribution < -0.4 is 10.7 Å². The Labute approximate surface area is 148 Å². The van der Waals surface area contributed by atoms with Crippen LogP contribution in [0.15, 0.2) is 88.3 Å². The lowest BCUT2D eigenvalue weighted by molar-refractivity contribution is 0.102. The molecule has 0 fully saturated rings. The van der Waals surface area contributed by atoms with E-state index in [9.17, 15) is 9.59 Å². The van der Waals surface area contributed by atoms with Crippen LogP contribution in [0.5, 0.6) is 0 Å². The molecule has 0 radical (unpaired) electrons. The molecule has 4 aromatic rings. The first kappa shape index (κ1) is 15.8. The molecule has 0 spiro atoms. The second-order valence-electron chi connectivity index (χ2n) is 5.75. The highest BCUT2D eigenvalue weighted by molar-refractivity contribution is 6.04. The van der Waals surface area contributed by atoms with Gasteiger partial charge in [0.05, 0.1) is 10.9 Å². The topological polar surface area (TPSA) is 72.2 Å². The van der Waals surface area contributed by atoms with Crippen molar-refractivity contribution < 1.29 is 9.21 Å². The molecule has 26 heavy (non-hydrogen) atoms. The normalized spacial score (nSPS) is 10.6. The Kier molecular flexibility index (Phi) is 4.03. The third kappa shape index (κ3) is 3.10. The van der Waals surface area contributed by atoms with Crippen LogP contribution in [0, 0.1) is 0 Å². The highest BCUT2D eigenvalue weighted by Crippen LogP contribution is 2.23. The van der Waals surface area contributed by atoms with Gasteiger partial charge in [-0.2, -0.15) is 0 Å². The van der Waals surface area contributed by atoms with E-state index in [0.717, 1.165) is 5.56 Å². The van der Waals surface area contributed by atoms with E-state index in [1.807, 2.05) is 30.3 Å². The molecule has 1 amide bonds. The van der Waals surface area contributed by atoms with Crippen LogP contribution in [0.1, 0.15) is 10.4 Å². The third-order valence-electron chi connectivity index (χ3n) is 3.97. The summed E-state index contributed by atoms with van der Waals surface area (Å²) >= 11 is 0. The summed E-state index contributed by atoms with van der Waals surface area (Å²) in [5, 5.41) is 3.18. The first-order valence-corrected chi connectivity index (χ1v) is 8.05. The molecule has 5 heteroatoms. The van der Waals surface area contributed by atoms with Gasteiger partial charge in [0.25, 0.3) is 5.91 Å². The van der Waals surface area contributed by atoms with Gasteiger partial charge < -0.3 is 9.73 Å². The van der Waals surface area contributed by atoms with Crippen LogP contribution in [0.25, 0.3) is 22.3 Å². The van der Waals surface area contributed by atoms with Crippen molar-refractivity contribution in [3.05, 3.63) is 94.9 Å². The Balaban J connectivity index is 1.69. The van der Waals surface area contributed by atoms with E-state index in [1.54, 1.807) is 36.5 Å². The van der Waals surface area contributed by atoms with E-state index < -0.39 is 0 Å². The predicted molar refractivity (Wildman–Crippen MR) is 100 cm³/mol. The Morgan fingerprint density at radius 3 is 2.58 bits per heavy atom. The molecule has 5 nitrogen and oxygen atoms in total. The molecule has 1 N–H and O–H groups in total. The monoisotopic (exact) mass is 342 g/mol. The van der Waals surface area contributed by atoms with E-state index in [0.29, 0.717) is 28.0 Å². The summed E-state index contributed by atoms with van der Waals surface area (Å²) in [4.78, 5) is 28.6. The van der Waals surface area contributed by atoms with Gasteiger partial charge in [-0.25, -0.2) is 0 Å². The number of hydrogen-bond donors (Lipinski definition) is 1. The average Bonchev–Trinajstić information content (AvgIpc) is 2.69. The molecular weight excluding hydrogens is 328 g/mol. The molecule has 0 atom stereocenters. The van der Waals surface area contributed by atoms with Gasteiger partial charge >= 0.3 is 0 Å². The summed E-state index contributed by atoms with van der Waals surface area (Å²) in [5.41, 5.74) is 2.10. The van der Waals surface area contributed by atoms with Gasteiger partial charge in [0, 0.05) is 29.7 Å². The molecule has 0 aliphatic rings. The highest BCUT2D eigenvalue weighted by Gasteiger charge is 2.10. The maximum absolute atomic E-state index is 12.5. The highest BCUT2D eigenvalue weighted by atomic mass is 16.3. The number of fused-ring (bicyclic) bond motifs is 1. The van der Waals surface area contributed by atoms with Gasteiger partial charge in [-0.15, -0.1) is 0 Å². The average molecular weight is 342 g/mol. The fraction of sp³-hybridized carbons (Fsp3) is 0. The standard InChI is InChI=1S/C21H14N2O3/c24-18-12-20(14-5-2-1-3-6-14)26-19-9-8-16(11-17(18)19)23-21(25)15-7-4-10-22-13-15/h1-13H,(H,23,25). The zero-order valence-electron chi connectivity index (χ0n) is 13.7. The zero-order valence-corrected chi connectivity index (χ0v) is 13.7. The molecule has 2 aromatic heterocycles. The van der Waals surface area contributed by atoms with Crippen molar-refractivity contribution in [1.29, 1.82) is 0 Å².